The van der Waals surface area contributed by atoms with E-state index in [1.165, 1.54) is 18.2 Å². The topological polar surface area (TPSA) is 35.8 Å². The van der Waals surface area contributed by atoms with Crippen molar-refractivity contribution in [1.82, 2.24) is 0 Å². The first-order valence-electron chi connectivity index (χ1n) is 5.58. The van der Waals surface area contributed by atoms with E-state index in [2.05, 4.69) is 21.2 Å². The van der Waals surface area contributed by atoms with Gasteiger partial charge in [-0.3, -0.25) is 0 Å². The van der Waals surface area contributed by atoms with Crippen molar-refractivity contribution in [2.75, 3.05) is 5.32 Å². The maximum Gasteiger partial charge on any atom is 0.149 e. The lowest BCUT2D eigenvalue weighted by Gasteiger charge is -2.09. The predicted molar refractivity (Wildman–Crippen MR) is 72.5 cm³/mol. The zero-order chi connectivity index (χ0) is 14.7. The van der Waals surface area contributed by atoms with Crippen LogP contribution in [-0.2, 0) is 6.54 Å². The minimum atomic E-state index is -0.764. The van der Waals surface area contributed by atoms with E-state index in [-0.39, 0.29) is 27.8 Å². The van der Waals surface area contributed by atoms with Crippen LogP contribution >= 0.6 is 15.9 Å². The van der Waals surface area contributed by atoms with E-state index in [0.29, 0.717) is 0 Å². The minimum Gasteiger partial charge on any atom is -0.378 e. The molecular formula is C14H8BrF3N2. The fraction of sp³-hybridized carbons (Fsp3) is 0.0714. The first-order valence-corrected chi connectivity index (χ1v) is 6.37. The SMILES string of the molecule is N#Cc1ccc(CNc2cc(Br)c(F)cc2F)c(F)c1. The summed E-state index contributed by atoms with van der Waals surface area (Å²) in [5, 5.41) is 11.3. The van der Waals surface area contributed by atoms with Gasteiger partial charge in [0.2, 0.25) is 0 Å². The van der Waals surface area contributed by atoms with Crippen molar-refractivity contribution in [1.29, 1.82) is 5.26 Å². The Hall–Kier alpha value is -2.00. The molecule has 0 aliphatic heterocycles. The Bertz CT molecular complexity index is 696. The van der Waals surface area contributed by atoms with E-state index >= 15 is 0 Å². The van der Waals surface area contributed by atoms with Crippen LogP contribution in [0.5, 0.6) is 0 Å². The molecule has 0 amide bonds. The number of nitrogens with one attached hydrogen (secondary N) is 1. The molecule has 0 saturated carbocycles. The van der Waals surface area contributed by atoms with Crippen LogP contribution in [0.2, 0.25) is 0 Å². The van der Waals surface area contributed by atoms with Crippen LogP contribution in [0.4, 0.5) is 18.9 Å². The normalized spacial score (nSPS) is 10.2. The zero-order valence-electron chi connectivity index (χ0n) is 10.1. The molecule has 0 unspecified atom stereocenters. The maximum absolute atomic E-state index is 13.6. The summed E-state index contributed by atoms with van der Waals surface area (Å²) in [6, 6.07) is 7.82. The van der Waals surface area contributed by atoms with E-state index in [9.17, 15) is 13.2 Å². The molecule has 20 heavy (non-hydrogen) atoms. The van der Waals surface area contributed by atoms with E-state index in [0.717, 1.165) is 12.1 Å². The first-order chi connectivity index (χ1) is 9.51. The molecule has 2 aromatic carbocycles. The van der Waals surface area contributed by atoms with Crippen LogP contribution in [-0.4, -0.2) is 0 Å². The van der Waals surface area contributed by atoms with Gasteiger partial charge in [-0.2, -0.15) is 5.26 Å². The Labute approximate surface area is 122 Å². The molecule has 0 fully saturated rings. The summed E-state index contributed by atoms with van der Waals surface area (Å²) >= 11 is 2.95. The molecule has 0 aliphatic rings. The smallest absolute Gasteiger partial charge is 0.149 e. The molecule has 102 valence electrons. The van der Waals surface area contributed by atoms with Gasteiger partial charge in [-0.1, -0.05) is 6.07 Å². The molecule has 0 bridgehead atoms. The van der Waals surface area contributed by atoms with E-state index < -0.39 is 17.5 Å². The number of rotatable bonds is 3. The molecule has 0 saturated heterocycles. The van der Waals surface area contributed by atoms with Gasteiger partial charge in [0.15, 0.2) is 0 Å². The molecule has 2 aromatic rings. The van der Waals surface area contributed by atoms with E-state index in [1.54, 1.807) is 0 Å². The Kier molecular flexibility index (Phi) is 4.30. The second-order valence-electron chi connectivity index (χ2n) is 4.02. The lowest BCUT2D eigenvalue weighted by Crippen LogP contribution is -2.04. The number of halogens is 4. The maximum atomic E-state index is 13.6. The quantitative estimate of drug-likeness (QED) is 0.843. The van der Waals surface area contributed by atoms with Gasteiger partial charge < -0.3 is 5.32 Å². The van der Waals surface area contributed by atoms with Crippen molar-refractivity contribution in [3.8, 4) is 6.07 Å². The first kappa shape index (κ1) is 14.4. The summed E-state index contributed by atoms with van der Waals surface area (Å²) in [7, 11) is 0. The Morgan fingerprint density at radius 3 is 2.45 bits per heavy atom. The van der Waals surface area contributed by atoms with Crippen LogP contribution in [0.3, 0.4) is 0 Å². The second-order valence-corrected chi connectivity index (χ2v) is 4.87. The molecule has 0 spiro atoms. The Balaban J connectivity index is 2.17. The lowest BCUT2D eigenvalue weighted by atomic mass is 10.1. The molecule has 0 heterocycles. The third-order valence-corrected chi connectivity index (χ3v) is 3.27. The highest BCUT2D eigenvalue weighted by atomic mass is 79.9. The number of nitriles is 1. The minimum absolute atomic E-state index is 0.0204. The lowest BCUT2D eigenvalue weighted by molar-refractivity contribution is 0.580. The fourth-order valence-electron chi connectivity index (χ4n) is 1.61. The van der Waals surface area contributed by atoms with Gasteiger partial charge in [-0.25, -0.2) is 13.2 Å². The monoisotopic (exact) mass is 340 g/mol. The van der Waals surface area contributed by atoms with Crippen molar-refractivity contribution >= 4 is 21.6 Å². The number of hydrogen-bond donors (Lipinski definition) is 1. The van der Waals surface area contributed by atoms with Crippen LogP contribution < -0.4 is 5.32 Å². The van der Waals surface area contributed by atoms with Gasteiger partial charge in [0, 0.05) is 18.2 Å². The average Bonchev–Trinajstić information content (AvgIpc) is 2.42. The van der Waals surface area contributed by atoms with Gasteiger partial charge in [-0.05, 0) is 34.1 Å². The van der Waals surface area contributed by atoms with E-state index in [4.69, 9.17) is 5.26 Å². The summed E-state index contributed by atoms with van der Waals surface area (Å²) in [5.41, 5.74) is 0.549. The summed E-state index contributed by atoms with van der Waals surface area (Å²) in [4.78, 5) is 0. The van der Waals surface area contributed by atoms with Crippen molar-refractivity contribution in [2.45, 2.75) is 6.54 Å². The van der Waals surface area contributed by atoms with Gasteiger partial charge in [-0.15, -0.1) is 0 Å². The number of hydrogen-bond acceptors (Lipinski definition) is 2. The Morgan fingerprint density at radius 1 is 1.05 bits per heavy atom. The third-order valence-electron chi connectivity index (χ3n) is 2.66. The predicted octanol–water partition coefficient (Wildman–Crippen LogP) is 4.35. The van der Waals surface area contributed by atoms with Crippen molar-refractivity contribution < 1.29 is 13.2 Å². The van der Waals surface area contributed by atoms with Gasteiger partial charge in [0.05, 0.1) is 21.8 Å². The highest BCUT2D eigenvalue weighted by Crippen LogP contribution is 2.24. The highest BCUT2D eigenvalue weighted by molar-refractivity contribution is 9.10. The van der Waals surface area contributed by atoms with Crippen LogP contribution in [0.15, 0.2) is 34.8 Å². The third kappa shape index (κ3) is 3.11. The molecule has 0 atom stereocenters. The highest BCUT2D eigenvalue weighted by Gasteiger charge is 2.09. The number of anilines is 1. The van der Waals surface area contributed by atoms with Gasteiger partial charge >= 0.3 is 0 Å². The summed E-state index contributed by atoms with van der Waals surface area (Å²) in [6.07, 6.45) is 0. The van der Waals surface area contributed by atoms with Crippen molar-refractivity contribution in [3.63, 3.8) is 0 Å². The number of nitrogens with zero attached hydrogens (tertiary/aromatic N) is 1. The van der Waals surface area contributed by atoms with Crippen LogP contribution in [0.1, 0.15) is 11.1 Å². The van der Waals surface area contributed by atoms with Crippen LogP contribution in [0.25, 0.3) is 0 Å². The molecular weight excluding hydrogens is 333 g/mol. The molecule has 2 rings (SSSR count). The molecule has 2 nitrogen and oxygen atoms in total. The second kappa shape index (κ2) is 5.97. The summed E-state index contributed by atoms with van der Waals surface area (Å²) in [5.74, 6) is -2.03. The zero-order valence-corrected chi connectivity index (χ0v) is 11.6. The Morgan fingerprint density at radius 2 is 1.80 bits per heavy atom. The largest absolute Gasteiger partial charge is 0.378 e. The molecule has 0 radical (unpaired) electrons. The fourth-order valence-corrected chi connectivity index (χ4v) is 1.95. The summed E-state index contributed by atoms with van der Waals surface area (Å²) < 4.78 is 40.3. The van der Waals surface area contributed by atoms with Gasteiger partial charge in [0.25, 0.3) is 0 Å². The van der Waals surface area contributed by atoms with Crippen molar-refractivity contribution in [2.24, 2.45) is 0 Å². The molecule has 0 aromatic heterocycles. The molecule has 6 heteroatoms. The van der Waals surface area contributed by atoms with Crippen molar-refractivity contribution in [3.05, 3.63) is 63.4 Å². The standard InChI is InChI=1S/C14H8BrF3N2/c15-10-4-14(13(18)5-12(10)17)20-7-9-2-1-8(6-19)3-11(9)16/h1-5,20H,7H2. The average molecular weight is 341 g/mol. The van der Waals surface area contributed by atoms with Gasteiger partial charge in [0.1, 0.15) is 17.5 Å². The van der Waals surface area contributed by atoms with Crippen LogP contribution in [0, 0.1) is 28.8 Å². The van der Waals surface area contributed by atoms with E-state index in [1.807, 2.05) is 6.07 Å². The number of benzene rings is 2. The summed E-state index contributed by atoms with van der Waals surface area (Å²) in [6.45, 7) is 0.0204. The molecule has 0 aliphatic carbocycles. The molecule has 1 N–H and O–H groups in total.